The third-order valence-electron chi connectivity index (χ3n) is 3.44. The predicted octanol–water partition coefficient (Wildman–Crippen LogP) is 4.35. The molecule has 0 bridgehead atoms. The summed E-state index contributed by atoms with van der Waals surface area (Å²) in [5, 5.41) is 0. The van der Waals surface area contributed by atoms with E-state index >= 15 is 0 Å². The highest BCUT2D eigenvalue weighted by atomic mass is 19.1. The molecule has 0 heterocycles. The molecule has 0 spiro atoms. The van der Waals surface area contributed by atoms with Crippen molar-refractivity contribution < 1.29 is 13.5 Å². The van der Waals surface area contributed by atoms with Crippen molar-refractivity contribution in [2.24, 2.45) is 5.73 Å². The first-order chi connectivity index (χ1) is 10.0. The molecule has 0 saturated carbocycles. The SMILES string of the molecule is CCC(N)Cc1c(F)cccc1Oc1cccc(C)c1F. The molecule has 2 aromatic rings. The summed E-state index contributed by atoms with van der Waals surface area (Å²) in [6.45, 7) is 3.59. The summed E-state index contributed by atoms with van der Waals surface area (Å²) in [7, 11) is 0. The number of ether oxygens (including phenoxy) is 1. The van der Waals surface area contributed by atoms with Crippen LogP contribution in [0.4, 0.5) is 8.78 Å². The molecule has 2 rings (SSSR count). The second-order valence-electron chi connectivity index (χ2n) is 5.08. The Balaban J connectivity index is 2.35. The lowest BCUT2D eigenvalue weighted by Gasteiger charge is -2.15. The van der Waals surface area contributed by atoms with E-state index in [4.69, 9.17) is 10.5 Å². The van der Waals surface area contributed by atoms with E-state index < -0.39 is 5.82 Å². The number of aryl methyl sites for hydroxylation is 1. The lowest BCUT2D eigenvalue weighted by Crippen LogP contribution is -2.22. The summed E-state index contributed by atoms with van der Waals surface area (Å²) in [6, 6.07) is 9.24. The van der Waals surface area contributed by atoms with Gasteiger partial charge in [0.1, 0.15) is 11.6 Å². The van der Waals surface area contributed by atoms with Gasteiger partial charge in [-0.2, -0.15) is 0 Å². The Morgan fingerprint density at radius 1 is 1.10 bits per heavy atom. The first kappa shape index (κ1) is 15.4. The number of halogens is 2. The highest BCUT2D eigenvalue weighted by Crippen LogP contribution is 2.30. The van der Waals surface area contributed by atoms with Crippen LogP contribution in [-0.4, -0.2) is 6.04 Å². The molecule has 0 aliphatic carbocycles. The van der Waals surface area contributed by atoms with Crippen LogP contribution in [-0.2, 0) is 6.42 Å². The maximum atomic E-state index is 14.0. The Morgan fingerprint density at radius 2 is 1.76 bits per heavy atom. The molecule has 4 heteroatoms. The summed E-state index contributed by atoms with van der Waals surface area (Å²) >= 11 is 0. The Kier molecular flexibility index (Phi) is 4.91. The zero-order chi connectivity index (χ0) is 15.4. The molecule has 0 aromatic heterocycles. The molecule has 0 radical (unpaired) electrons. The molecule has 2 N–H and O–H groups in total. The third-order valence-corrected chi connectivity index (χ3v) is 3.44. The first-order valence-corrected chi connectivity index (χ1v) is 6.98. The van der Waals surface area contributed by atoms with Crippen molar-refractivity contribution in [1.82, 2.24) is 0 Å². The fourth-order valence-corrected chi connectivity index (χ4v) is 2.06. The van der Waals surface area contributed by atoms with Gasteiger partial charge in [0.15, 0.2) is 11.6 Å². The van der Waals surface area contributed by atoms with E-state index in [0.29, 0.717) is 23.3 Å². The molecule has 1 atom stereocenters. The van der Waals surface area contributed by atoms with Crippen molar-refractivity contribution in [3.05, 3.63) is 59.2 Å². The average molecular weight is 291 g/mol. The molecule has 2 aromatic carbocycles. The van der Waals surface area contributed by atoms with E-state index in [-0.39, 0.29) is 17.6 Å². The highest BCUT2D eigenvalue weighted by molar-refractivity contribution is 5.40. The Labute approximate surface area is 123 Å². The smallest absolute Gasteiger partial charge is 0.168 e. The molecule has 0 amide bonds. The average Bonchev–Trinajstić information content (AvgIpc) is 2.47. The zero-order valence-corrected chi connectivity index (χ0v) is 12.2. The number of nitrogens with two attached hydrogens (primary N) is 1. The highest BCUT2D eigenvalue weighted by Gasteiger charge is 2.15. The van der Waals surface area contributed by atoms with E-state index in [9.17, 15) is 8.78 Å². The van der Waals surface area contributed by atoms with Gasteiger partial charge in [-0.3, -0.25) is 0 Å². The van der Waals surface area contributed by atoms with Gasteiger partial charge in [0.05, 0.1) is 0 Å². The van der Waals surface area contributed by atoms with Crippen molar-refractivity contribution >= 4 is 0 Å². The van der Waals surface area contributed by atoms with Gasteiger partial charge in [-0.25, -0.2) is 8.78 Å². The fraction of sp³-hybridized carbons (Fsp3) is 0.294. The maximum Gasteiger partial charge on any atom is 0.168 e. The molecule has 0 aliphatic heterocycles. The van der Waals surface area contributed by atoms with Gasteiger partial charge in [0.25, 0.3) is 0 Å². The normalized spacial score (nSPS) is 12.2. The van der Waals surface area contributed by atoms with Gasteiger partial charge in [-0.15, -0.1) is 0 Å². The molecule has 0 aliphatic rings. The standard InChI is InChI=1S/C17H19F2NO/c1-3-12(20)10-13-14(18)7-5-8-15(13)21-16-9-4-6-11(2)17(16)19/h4-9,12H,3,10,20H2,1-2H3. The summed E-state index contributed by atoms with van der Waals surface area (Å²) in [5.41, 5.74) is 6.76. The summed E-state index contributed by atoms with van der Waals surface area (Å²) in [4.78, 5) is 0. The van der Waals surface area contributed by atoms with Crippen LogP contribution in [0.25, 0.3) is 0 Å². The molecule has 0 fully saturated rings. The van der Waals surface area contributed by atoms with E-state index in [1.54, 1.807) is 31.2 Å². The number of hydrogen-bond donors (Lipinski definition) is 1. The van der Waals surface area contributed by atoms with Crippen molar-refractivity contribution in [2.45, 2.75) is 32.7 Å². The second-order valence-corrected chi connectivity index (χ2v) is 5.08. The Morgan fingerprint density at radius 3 is 2.48 bits per heavy atom. The minimum Gasteiger partial charge on any atom is -0.454 e. The monoisotopic (exact) mass is 291 g/mol. The topological polar surface area (TPSA) is 35.2 Å². The Hall–Kier alpha value is -1.94. The van der Waals surface area contributed by atoms with Crippen LogP contribution in [0, 0.1) is 18.6 Å². The van der Waals surface area contributed by atoms with E-state index in [2.05, 4.69) is 0 Å². The van der Waals surface area contributed by atoms with E-state index in [1.165, 1.54) is 12.1 Å². The largest absolute Gasteiger partial charge is 0.454 e. The van der Waals surface area contributed by atoms with Crippen LogP contribution in [0.5, 0.6) is 11.5 Å². The van der Waals surface area contributed by atoms with Gasteiger partial charge in [-0.05, 0) is 43.5 Å². The lowest BCUT2D eigenvalue weighted by molar-refractivity contribution is 0.427. The van der Waals surface area contributed by atoms with Gasteiger partial charge in [0.2, 0.25) is 0 Å². The summed E-state index contributed by atoms with van der Waals surface area (Å²) < 4.78 is 33.6. The fourth-order valence-electron chi connectivity index (χ4n) is 2.06. The van der Waals surface area contributed by atoms with E-state index in [0.717, 1.165) is 6.42 Å². The molecule has 0 saturated heterocycles. The predicted molar refractivity (Wildman–Crippen MR) is 79.6 cm³/mol. The molecule has 21 heavy (non-hydrogen) atoms. The maximum absolute atomic E-state index is 14.0. The summed E-state index contributed by atoms with van der Waals surface area (Å²) in [6.07, 6.45) is 1.08. The van der Waals surface area contributed by atoms with Gasteiger partial charge >= 0.3 is 0 Å². The van der Waals surface area contributed by atoms with Gasteiger partial charge < -0.3 is 10.5 Å². The van der Waals surface area contributed by atoms with Crippen molar-refractivity contribution in [3.63, 3.8) is 0 Å². The Bertz CT molecular complexity index is 628. The van der Waals surface area contributed by atoms with Crippen LogP contribution < -0.4 is 10.5 Å². The third kappa shape index (κ3) is 3.58. The molecule has 1 unspecified atom stereocenters. The van der Waals surface area contributed by atoms with Crippen LogP contribution in [0.1, 0.15) is 24.5 Å². The van der Waals surface area contributed by atoms with Crippen molar-refractivity contribution in [3.8, 4) is 11.5 Å². The van der Waals surface area contributed by atoms with Gasteiger partial charge in [-0.1, -0.05) is 25.1 Å². The van der Waals surface area contributed by atoms with Crippen LogP contribution in [0.3, 0.4) is 0 Å². The second kappa shape index (κ2) is 6.68. The number of benzene rings is 2. The quantitative estimate of drug-likeness (QED) is 0.889. The minimum absolute atomic E-state index is 0.0897. The van der Waals surface area contributed by atoms with Crippen LogP contribution in [0.2, 0.25) is 0 Å². The number of rotatable bonds is 5. The number of hydrogen-bond acceptors (Lipinski definition) is 2. The lowest BCUT2D eigenvalue weighted by atomic mass is 10.0. The molecular weight excluding hydrogens is 272 g/mol. The van der Waals surface area contributed by atoms with Gasteiger partial charge in [0, 0.05) is 11.6 Å². The van der Waals surface area contributed by atoms with Crippen LogP contribution >= 0.6 is 0 Å². The zero-order valence-electron chi connectivity index (χ0n) is 12.2. The van der Waals surface area contributed by atoms with E-state index in [1.807, 2.05) is 6.92 Å². The van der Waals surface area contributed by atoms with Crippen molar-refractivity contribution in [2.75, 3.05) is 0 Å². The molecule has 2 nitrogen and oxygen atoms in total. The van der Waals surface area contributed by atoms with Crippen LogP contribution in [0.15, 0.2) is 36.4 Å². The van der Waals surface area contributed by atoms with Crippen molar-refractivity contribution in [1.29, 1.82) is 0 Å². The molecular formula is C17H19F2NO. The summed E-state index contributed by atoms with van der Waals surface area (Å²) in [5.74, 6) is -0.424. The molecule has 112 valence electrons. The minimum atomic E-state index is -0.437. The first-order valence-electron chi connectivity index (χ1n) is 6.98.